The van der Waals surface area contributed by atoms with Crippen LogP contribution < -0.4 is 0 Å². The Labute approximate surface area is 108 Å². The van der Waals surface area contributed by atoms with Crippen molar-refractivity contribution in [1.82, 2.24) is 4.98 Å². The number of aryl methyl sites for hydroxylation is 1. The molecule has 0 fully saturated rings. The van der Waals surface area contributed by atoms with Crippen molar-refractivity contribution in [3.63, 3.8) is 0 Å². The Kier molecular flexibility index (Phi) is 4.05. The summed E-state index contributed by atoms with van der Waals surface area (Å²) in [4.78, 5) is 3.41. The molecule has 0 saturated carbocycles. The van der Waals surface area contributed by atoms with E-state index in [4.69, 9.17) is 0 Å². The molecule has 0 aliphatic rings. The Morgan fingerprint density at radius 2 is 2.06 bits per heavy atom. The first-order valence-corrected chi connectivity index (χ1v) is 6.91. The average Bonchev–Trinajstić information content (AvgIpc) is 2.65. The molecule has 0 amide bonds. The SMILES string of the molecule is CCCCc1[nH]c2cccc(F)c2c1CC(C)C. The summed E-state index contributed by atoms with van der Waals surface area (Å²) in [7, 11) is 0. The van der Waals surface area contributed by atoms with Crippen LogP contribution in [-0.4, -0.2) is 4.98 Å². The number of halogens is 1. The lowest BCUT2D eigenvalue weighted by molar-refractivity contribution is 0.626. The monoisotopic (exact) mass is 247 g/mol. The summed E-state index contributed by atoms with van der Waals surface area (Å²) >= 11 is 0. The maximum atomic E-state index is 14.0. The van der Waals surface area contributed by atoms with E-state index in [2.05, 4.69) is 25.8 Å². The number of hydrogen-bond donors (Lipinski definition) is 1. The highest BCUT2D eigenvalue weighted by Gasteiger charge is 2.15. The smallest absolute Gasteiger partial charge is 0.132 e. The topological polar surface area (TPSA) is 15.8 Å². The van der Waals surface area contributed by atoms with Gasteiger partial charge in [-0.15, -0.1) is 0 Å². The second-order valence-electron chi connectivity index (χ2n) is 5.45. The van der Waals surface area contributed by atoms with Crippen LogP contribution in [0, 0.1) is 11.7 Å². The molecule has 18 heavy (non-hydrogen) atoms. The van der Waals surface area contributed by atoms with Crippen LogP contribution in [0.5, 0.6) is 0 Å². The van der Waals surface area contributed by atoms with Crippen LogP contribution in [-0.2, 0) is 12.8 Å². The minimum atomic E-state index is -0.0952. The lowest BCUT2D eigenvalue weighted by Crippen LogP contribution is -1.98. The first-order valence-electron chi connectivity index (χ1n) is 6.91. The Hall–Kier alpha value is -1.31. The van der Waals surface area contributed by atoms with E-state index in [9.17, 15) is 4.39 Å². The summed E-state index contributed by atoms with van der Waals surface area (Å²) in [5.41, 5.74) is 3.36. The molecule has 0 bridgehead atoms. The molecule has 0 aliphatic carbocycles. The molecular formula is C16H22FN. The molecule has 0 radical (unpaired) electrons. The minimum Gasteiger partial charge on any atom is -0.358 e. The lowest BCUT2D eigenvalue weighted by atomic mass is 9.98. The van der Waals surface area contributed by atoms with Crippen LogP contribution in [0.1, 0.15) is 44.9 Å². The summed E-state index contributed by atoms with van der Waals surface area (Å²) in [5, 5.41) is 0.803. The number of aromatic amines is 1. The van der Waals surface area contributed by atoms with Crippen LogP contribution in [0.25, 0.3) is 10.9 Å². The Bertz CT molecular complexity index is 525. The van der Waals surface area contributed by atoms with Crippen molar-refractivity contribution >= 4 is 10.9 Å². The summed E-state index contributed by atoms with van der Waals surface area (Å²) < 4.78 is 14.0. The Morgan fingerprint density at radius 3 is 2.72 bits per heavy atom. The first kappa shape index (κ1) is 13.1. The van der Waals surface area contributed by atoms with Crippen molar-refractivity contribution in [2.45, 2.75) is 46.5 Å². The van der Waals surface area contributed by atoms with Crippen LogP contribution in [0.2, 0.25) is 0 Å². The van der Waals surface area contributed by atoms with Crippen molar-refractivity contribution < 1.29 is 4.39 Å². The third kappa shape index (κ3) is 2.58. The summed E-state index contributed by atoms with van der Waals surface area (Å²) in [5.74, 6) is 0.450. The van der Waals surface area contributed by atoms with Crippen LogP contribution in [0.3, 0.4) is 0 Å². The first-order chi connectivity index (χ1) is 8.63. The van der Waals surface area contributed by atoms with Gasteiger partial charge in [-0.3, -0.25) is 0 Å². The van der Waals surface area contributed by atoms with Gasteiger partial charge >= 0.3 is 0 Å². The molecular weight excluding hydrogens is 225 g/mol. The molecule has 1 nitrogen and oxygen atoms in total. The second-order valence-corrected chi connectivity index (χ2v) is 5.45. The Morgan fingerprint density at radius 1 is 1.28 bits per heavy atom. The lowest BCUT2D eigenvalue weighted by Gasteiger charge is -2.07. The Balaban J connectivity index is 2.51. The average molecular weight is 247 g/mol. The van der Waals surface area contributed by atoms with E-state index in [1.54, 1.807) is 12.1 Å². The fourth-order valence-corrected chi connectivity index (χ4v) is 2.52. The van der Waals surface area contributed by atoms with Gasteiger partial charge in [-0.2, -0.15) is 0 Å². The van der Waals surface area contributed by atoms with E-state index < -0.39 is 0 Å². The third-order valence-electron chi connectivity index (χ3n) is 3.36. The molecule has 1 N–H and O–H groups in total. The number of fused-ring (bicyclic) bond motifs is 1. The standard InChI is InChI=1S/C16H22FN/c1-4-5-8-14-12(10-11(2)3)16-13(17)7-6-9-15(16)18-14/h6-7,9,11,18H,4-5,8,10H2,1-3H3. The van der Waals surface area contributed by atoms with Crippen molar-refractivity contribution in [1.29, 1.82) is 0 Å². The highest BCUT2D eigenvalue weighted by Crippen LogP contribution is 2.28. The number of hydrogen-bond acceptors (Lipinski definition) is 0. The maximum Gasteiger partial charge on any atom is 0.132 e. The van der Waals surface area contributed by atoms with Crippen molar-refractivity contribution in [3.8, 4) is 0 Å². The fourth-order valence-electron chi connectivity index (χ4n) is 2.52. The molecule has 0 aliphatic heterocycles. The fraction of sp³-hybridized carbons (Fsp3) is 0.500. The highest BCUT2D eigenvalue weighted by atomic mass is 19.1. The van der Waals surface area contributed by atoms with Gasteiger partial charge in [-0.05, 0) is 42.9 Å². The van der Waals surface area contributed by atoms with E-state index in [1.807, 2.05) is 6.07 Å². The number of unbranched alkanes of at least 4 members (excludes halogenated alkanes) is 1. The molecule has 2 heteroatoms. The predicted octanol–water partition coefficient (Wildman–Crippen LogP) is 4.85. The van der Waals surface area contributed by atoms with Gasteiger partial charge in [0.15, 0.2) is 0 Å². The van der Waals surface area contributed by atoms with Gasteiger partial charge in [0, 0.05) is 16.6 Å². The van der Waals surface area contributed by atoms with Crippen molar-refractivity contribution in [3.05, 3.63) is 35.3 Å². The number of rotatable bonds is 5. The molecule has 2 rings (SSSR count). The summed E-state index contributed by atoms with van der Waals surface area (Å²) in [6, 6.07) is 5.30. The normalized spacial score (nSPS) is 11.6. The molecule has 0 spiro atoms. The van der Waals surface area contributed by atoms with E-state index >= 15 is 0 Å². The number of H-pyrrole nitrogens is 1. The van der Waals surface area contributed by atoms with Crippen LogP contribution in [0.15, 0.2) is 18.2 Å². The van der Waals surface area contributed by atoms with E-state index in [1.165, 1.54) is 17.7 Å². The molecule has 1 aromatic heterocycles. The van der Waals surface area contributed by atoms with E-state index in [-0.39, 0.29) is 5.82 Å². The summed E-state index contributed by atoms with van der Waals surface area (Å²) in [6.45, 7) is 6.55. The van der Waals surface area contributed by atoms with Gasteiger partial charge in [0.05, 0.1) is 0 Å². The van der Waals surface area contributed by atoms with Crippen molar-refractivity contribution in [2.24, 2.45) is 5.92 Å². The second kappa shape index (κ2) is 5.55. The highest BCUT2D eigenvalue weighted by molar-refractivity contribution is 5.85. The van der Waals surface area contributed by atoms with Crippen molar-refractivity contribution in [2.75, 3.05) is 0 Å². The van der Waals surface area contributed by atoms with E-state index in [0.29, 0.717) is 5.92 Å². The van der Waals surface area contributed by atoms with Gasteiger partial charge in [0.25, 0.3) is 0 Å². The largest absolute Gasteiger partial charge is 0.358 e. The predicted molar refractivity (Wildman–Crippen MR) is 75.4 cm³/mol. The zero-order valence-corrected chi connectivity index (χ0v) is 11.5. The zero-order valence-electron chi connectivity index (χ0n) is 11.5. The van der Waals surface area contributed by atoms with E-state index in [0.717, 1.165) is 30.2 Å². The molecule has 1 aromatic carbocycles. The maximum absolute atomic E-state index is 14.0. The third-order valence-corrected chi connectivity index (χ3v) is 3.36. The summed E-state index contributed by atoms with van der Waals surface area (Å²) in [6.07, 6.45) is 4.28. The number of benzene rings is 1. The van der Waals surface area contributed by atoms with Gasteiger partial charge < -0.3 is 4.98 Å². The number of aromatic nitrogens is 1. The van der Waals surface area contributed by atoms with Gasteiger partial charge in [0.1, 0.15) is 5.82 Å². The number of nitrogens with one attached hydrogen (secondary N) is 1. The minimum absolute atomic E-state index is 0.0952. The molecule has 0 atom stereocenters. The van der Waals surface area contributed by atoms with Crippen LogP contribution in [0.4, 0.5) is 4.39 Å². The molecule has 0 saturated heterocycles. The quantitative estimate of drug-likeness (QED) is 0.777. The van der Waals surface area contributed by atoms with Crippen LogP contribution >= 0.6 is 0 Å². The van der Waals surface area contributed by atoms with Gasteiger partial charge in [-0.1, -0.05) is 33.3 Å². The molecule has 2 aromatic rings. The van der Waals surface area contributed by atoms with Gasteiger partial charge in [0.2, 0.25) is 0 Å². The van der Waals surface area contributed by atoms with Gasteiger partial charge in [-0.25, -0.2) is 4.39 Å². The molecule has 0 unspecified atom stereocenters. The molecule has 98 valence electrons. The molecule has 1 heterocycles. The zero-order chi connectivity index (χ0) is 13.1.